The van der Waals surface area contributed by atoms with Crippen molar-refractivity contribution in [3.63, 3.8) is 0 Å². The van der Waals surface area contributed by atoms with E-state index in [1.54, 1.807) is 0 Å². The molecule has 0 spiro atoms. The summed E-state index contributed by atoms with van der Waals surface area (Å²) >= 11 is 0. The topological polar surface area (TPSA) is 52.6 Å². The zero-order valence-corrected chi connectivity index (χ0v) is 13.4. The van der Waals surface area contributed by atoms with Gasteiger partial charge in [0.2, 0.25) is 0 Å². The Labute approximate surface area is 123 Å². The first kappa shape index (κ1) is 18.9. The number of rotatable bonds is 11. The summed E-state index contributed by atoms with van der Waals surface area (Å²) in [5.41, 5.74) is 0. The van der Waals surface area contributed by atoms with Gasteiger partial charge in [-0.2, -0.15) is 0 Å². The SMILES string of the molecule is CCC(C)OC(=O)CCCCCCC(=O)OC(C)CC. The van der Waals surface area contributed by atoms with E-state index in [9.17, 15) is 9.59 Å². The molecule has 4 nitrogen and oxygen atoms in total. The van der Waals surface area contributed by atoms with Crippen LogP contribution in [-0.4, -0.2) is 24.1 Å². The Bertz CT molecular complexity index is 248. The zero-order valence-electron chi connectivity index (χ0n) is 13.4. The first-order chi connectivity index (χ1) is 9.49. The van der Waals surface area contributed by atoms with Crippen molar-refractivity contribution in [1.29, 1.82) is 0 Å². The molecule has 20 heavy (non-hydrogen) atoms. The molecule has 0 aromatic heterocycles. The molecule has 0 aliphatic rings. The molecule has 0 bridgehead atoms. The van der Waals surface area contributed by atoms with Crippen LogP contribution in [0.1, 0.15) is 79.1 Å². The van der Waals surface area contributed by atoms with Gasteiger partial charge in [-0.15, -0.1) is 0 Å². The standard InChI is InChI=1S/C16H30O4/c1-5-13(3)19-15(17)11-9-7-8-10-12-16(18)20-14(4)6-2/h13-14H,5-12H2,1-4H3. The second-order valence-corrected chi connectivity index (χ2v) is 5.33. The molecule has 0 saturated heterocycles. The average molecular weight is 286 g/mol. The van der Waals surface area contributed by atoms with E-state index in [2.05, 4.69) is 0 Å². The largest absolute Gasteiger partial charge is 0.463 e. The first-order valence-corrected chi connectivity index (χ1v) is 7.88. The van der Waals surface area contributed by atoms with Crippen LogP contribution < -0.4 is 0 Å². The van der Waals surface area contributed by atoms with E-state index < -0.39 is 0 Å². The smallest absolute Gasteiger partial charge is 0.306 e. The highest BCUT2D eigenvalue weighted by molar-refractivity contribution is 5.69. The fourth-order valence-corrected chi connectivity index (χ4v) is 1.63. The average Bonchev–Trinajstić information content (AvgIpc) is 2.42. The van der Waals surface area contributed by atoms with Crippen molar-refractivity contribution < 1.29 is 19.1 Å². The van der Waals surface area contributed by atoms with E-state index in [1.165, 1.54) is 0 Å². The van der Waals surface area contributed by atoms with Gasteiger partial charge in [-0.05, 0) is 39.5 Å². The molecule has 0 aromatic rings. The van der Waals surface area contributed by atoms with Gasteiger partial charge in [-0.3, -0.25) is 9.59 Å². The van der Waals surface area contributed by atoms with E-state index in [-0.39, 0.29) is 24.1 Å². The molecule has 0 amide bonds. The minimum Gasteiger partial charge on any atom is -0.463 e. The summed E-state index contributed by atoms with van der Waals surface area (Å²) in [4.78, 5) is 22.8. The highest BCUT2D eigenvalue weighted by Crippen LogP contribution is 2.09. The van der Waals surface area contributed by atoms with Crippen molar-refractivity contribution in [3.05, 3.63) is 0 Å². The molecule has 0 saturated carbocycles. The van der Waals surface area contributed by atoms with Crippen molar-refractivity contribution >= 4 is 11.9 Å². The van der Waals surface area contributed by atoms with Gasteiger partial charge in [0.15, 0.2) is 0 Å². The lowest BCUT2D eigenvalue weighted by atomic mass is 10.1. The lowest BCUT2D eigenvalue weighted by Crippen LogP contribution is -2.13. The van der Waals surface area contributed by atoms with Crippen LogP contribution in [0.2, 0.25) is 0 Å². The van der Waals surface area contributed by atoms with Crippen molar-refractivity contribution in [2.45, 2.75) is 91.3 Å². The molecule has 2 atom stereocenters. The van der Waals surface area contributed by atoms with Gasteiger partial charge in [0.05, 0.1) is 12.2 Å². The molecule has 118 valence electrons. The van der Waals surface area contributed by atoms with Crippen LogP contribution in [0, 0.1) is 0 Å². The second-order valence-electron chi connectivity index (χ2n) is 5.33. The minimum absolute atomic E-state index is 0.0119. The van der Waals surface area contributed by atoms with Crippen molar-refractivity contribution in [3.8, 4) is 0 Å². The minimum atomic E-state index is -0.115. The summed E-state index contributed by atoms with van der Waals surface area (Å²) in [6, 6.07) is 0. The Morgan fingerprint density at radius 2 is 1.10 bits per heavy atom. The van der Waals surface area contributed by atoms with Crippen LogP contribution in [0.15, 0.2) is 0 Å². The highest BCUT2D eigenvalue weighted by Gasteiger charge is 2.08. The van der Waals surface area contributed by atoms with Crippen LogP contribution in [0.5, 0.6) is 0 Å². The molecule has 0 rings (SSSR count). The highest BCUT2D eigenvalue weighted by atomic mass is 16.5. The Balaban J connectivity index is 3.44. The number of esters is 2. The van der Waals surface area contributed by atoms with Gasteiger partial charge in [-0.25, -0.2) is 0 Å². The number of hydrogen-bond donors (Lipinski definition) is 0. The quantitative estimate of drug-likeness (QED) is 0.425. The summed E-state index contributed by atoms with van der Waals surface area (Å²) in [5, 5.41) is 0. The van der Waals surface area contributed by atoms with Gasteiger partial charge >= 0.3 is 11.9 Å². The van der Waals surface area contributed by atoms with E-state index in [4.69, 9.17) is 9.47 Å². The molecule has 0 heterocycles. The monoisotopic (exact) mass is 286 g/mol. The summed E-state index contributed by atoms with van der Waals surface area (Å²) in [5.74, 6) is -0.230. The predicted octanol–water partition coefficient (Wildman–Crippen LogP) is 4.01. The molecule has 0 radical (unpaired) electrons. The molecular weight excluding hydrogens is 256 g/mol. The molecule has 0 aromatic carbocycles. The lowest BCUT2D eigenvalue weighted by molar-refractivity contribution is -0.149. The Hall–Kier alpha value is -1.06. The third-order valence-corrected chi connectivity index (χ3v) is 3.33. The van der Waals surface area contributed by atoms with Crippen molar-refractivity contribution in [2.24, 2.45) is 0 Å². The van der Waals surface area contributed by atoms with Crippen LogP contribution in [0.4, 0.5) is 0 Å². The summed E-state index contributed by atoms with van der Waals surface area (Å²) in [6.07, 6.45) is 6.23. The van der Waals surface area contributed by atoms with E-state index in [0.29, 0.717) is 12.8 Å². The Kier molecular flexibility index (Phi) is 11.1. The predicted molar refractivity (Wildman–Crippen MR) is 79.4 cm³/mol. The van der Waals surface area contributed by atoms with Crippen LogP contribution in [-0.2, 0) is 19.1 Å². The van der Waals surface area contributed by atoms with Crippen molar-refractivity contribution in [2.75, 3.05) is 0 Å². The van der Waals surface area contributed by atoms with Gasteiger partial charge < -0.3 is 9.47 Å². The lowest BCUT2D eigenvalue weighted by Gasteiger charge is -2.11. The fourth-order valence-electron chi connectivity index (χ4n) is 1.63. The van der Waals surface area contributed by atoms with E-state index in [0.717, 1.165) is 38.5 Å². The first-order valence-electron chi connectivity index (χ1n) is 7.88. The van der Waals surface area contributed by atoms with Gasteiger partial charge in [0.25, 0.3) is 0 Å². The molecule has 0 aliphatic carbocycles. The summed E-state index contributed by atoms with van der Waals surface area (Å²) in [7, 11) is 0. The Morgan fingerprint density at radius 3 is 1.40 bits per heavy atom. The number of unbranched alkanes of at least 4 members (excludes halogenated alkanes) is 3. The van der Waals surface area contributed by atoms with Crippen LogP contribution >= 0.6 is 0 Å². The van der Waals surface area contributed by atoms with E-state index in [1.807, 2.05) is 27.7 Å². The molecule has 0 N–H and O–H groups in total. The van der Waals surface area contributed by atoms with Crippen LogP contribution in [0.25, 0.3) is 0 Å². The molecular formula is C16H30O4. The fraction of sp³-hybridized carbons (Fsp3) is 0.875. The van der Waals surface area contributed by atoms with Gasteiger partial charge in [0.1, 0.15) is 0 Å². The number of hydrogen-bond acceptors (Lipinski definition) is 4. The van der Waals surface area contributed by atoms with Gasteiger partial charge in [-0.1, -0.05) is 26.7 Å². The number of carbonyl (C=O) groups is 2. The maximum absolute atomic E-state index is 11.4. The molecule has 0 fully saturated rings. The zero-order chi connectivity index (χ0) is 15.4. The molecule has 0 aliphatic heterocycles. The Morgan fingerprint density at radius 1 is 0.750 bits per heavy atom. The number of ether oxygens (including phenoxy) is 2. The molecule has 4 heteroatoms. The second kappa shape index (κ2) is 11.7. The summed E-state index contributed by atoms with van der Waals surface area (Å²) < 4.78 is 10.4. The molecule has 2 unspecified atom stereocenters. The third kappa shape index (κ3) is 10.8. The maximum atomic E-state index is 11.4. The third-order valence-electron chi connectivity index (χ3n) is 3.33. The van der Waals surface area contributed by atoms with Gasteiger partial charge in [0, 0.05) is 12.8 Å². The van der Waals surface area contributed by atoms with Crippen LogP contribution in [0.3, 0.4) is 0 Å². The number of carbonyl (C=O) groups excluding carboxylic acids is 2. The van der Waals surface area contributed by atoms with Crippen molar-refractivity contribution in [1.82, 2.24) is 0 Å². The normalized spacial score (nSPS) is 13.6. The van der Waals surface area contributed by atoms with E-state index >= 15 is 0 Å². The summed E-state index contributed by atoms with van der Waals surface area (Å²) in [6.45, 7) is 7.80. The maximum Gasteiger partial charge on any atom is 0.306 e.